The van der Waals surface area contributed by atoms with Gasteiger partial charge in [0.1, 0.15) is 11.9 Å². The Morgan fingerprint density at radius 3 is 2.63 bits per heavy atom. The normalized spacial score (nSPS) is 16.4. The lowest BCUT2D eigenvalue weighted by Crippen LogP contribution is -2.36. The molecule has 19 heavy (non-hydrogen) atoms. The molecule has 2 N–H and O–H groups in total. The highest BCUT2D eigenvalue weighted by Crippen LogP contribution is 2.28. The second kappa shape index (κ2) is 6.03. The van der Waals surface area contributed by atoms with Crippen molar-refractivity contribution in [3.8, 4) is 6.07 Å². The first-order valence-electron chi connectivity index (χ1n) is 6.87. The van der Waals surface area contributed by atoms with Gasteiger partial charge in [0, 0.05) is 13.1 Å². The van der Waals surface area contributed by atoms with Crippen molar-refractivity contribution in [1.82, 2.24) is 0 Å². The van der Waals surface area contributed by atoms with Crippen LogP contribution in [0.4, 0.5) is 10.1 Å². The Hall–Kier alpha value is -1.60. The molecule has 102 valence electrons. The number of benzene rings is 1. The summed E-state index contributed by atoms with van der Waals surface area (Å²) < 4.78 is 13.7. The molecule has 0 radical (unpaired) electrons. The molecule has 0 spiro atoms. The van der Waals surface area contributed by atoms with E-state index in [0.717, 1.165) is 38.2 Å². The zero-order valence-electron chi connectivity index (χ0n) is 11.3. The minimum Gasteiger partial charge on any atom is -0.370 e. The number of nitrogens with zero attached hydrogens (tertiary/aromatic N) is 2. The van der Waals surface area contributed by atoms with Crippen molar-refractivity contribution >= 4 is 5.69 Å². The van der Waals surface area contributed by atoms with Crippen LogP contribution < -0.4 is 10.6 Å². The Bertz CT molecular complexity index is 485. The predicted molar refractivity (Wildman–Crippen MR) is 74.5 cm³/mol. The highest BCUT2D eigenvalue weighted by atomic mass is 19.1. The van der Waals surface area contributed by atoms with Crippen LogP contribution in [0.1, 0.15) is 30.9 Å². The maximum absolute atomic E-state index is 13.7. The summed E-state index contributed by atoms with van der Waals surface area (Å²) >= 11 is 0. The average molecular weight is 261 g/mol. The van der Waals surface area contributed by atoms with Crippen LogP contribution in [0.2, 0.25) is 0 Å². The lowest BCUT2D eigenvalue weighted by molar-refractivity contribution is 0.414. The standard InChI is InChI=1S/C15H20FN3/c1-2-12-8-15(13(10-18)7-14(12)16)19-5-3-11(9-17)4-6-19/h7-8,11H,2-6,9,17H2,1H3. The molecule has 0 amide bonds. The van der Waals surface area contributed by atoms with Gasteiger partial charge in [0.25, 0.3) is 0 Å². The van der Waals surface area contributed by atoms with Crippen molar-refractivity contribution in [2.45, 2.75) is 26.2 Å². The van der Waals surface area contributed by atoms with Crippen molar-refractivity contribution in [1.29, 1.82) is 5.26 Å². The van der Waals surface area contributed by atoms with Gasteiger partial charge in [0.15, 0.2) is 0 Å². The molecule has 1 aromatic rings. The van der Waals surface area contributed by atoms with E-state index in [-0.39, 0.29) is 5.82 Å². The van der Waals surface area contributed by atoms with Crippen molar-refractivity contribution in [2.24, 2.45) is 11.7 Å². The van der Waals surface area contributed by atoms with E-state index in [1.165, 1.54) is 6.07 Å². The number of anilines is 1. The van der Waals surface area contributed by atoms with Crippen molar-refractivity contribution in [3.05, 3.63) is 29.1 Å². The van der Waals surface area contributed by atoms with Gasteiger partial charge in [-0.05, 0) is 49.4 Å². The van der Waals surface area contributed by atoms with Gasteiger partial charge >= 0.3 is 0 Å². The number of nitrogens with two attached hydrogens (primary N) is 1. The first-order chi connectivity index (χ1) is 9.19. The Morgan fingerprint density at radius 2 is 2.11 bits per heavy atom. The molecule has 0 aliphatic carbocycles. The van der Waals surface area contributed by atoms with Crippen molar-refractivity contribution in [2.75, 3.05) is 24.5 Å². The van der Waals surface area contributed by atoms with Crippen LogP contribution in [0.25, 0.3) is 0 Å². The molecule has 1 aliphatic heterocycles. The molecule has 0 aromatic heterocycles. The van der Waals surface area contributed by atoms with Gasteiger partial charge in [0.2, 0.25) is 0 Å². The molecule has 1 heterocycles. The molecule has 3 nitrogen and oxygen atoms in total. The number of nitriles is 1. The fraction of sp³-hybridized carbons (Fsp3) is 0.533. The van der Waals surface area contributed by atoms with Gasteiger partial charge in [-0.2, -0.15) is 5.26 Å². The van der Waals surface area contributed by atoms with Crippen LogP contribution in [0, 0.1) is 23.1 Å². The fourth-order valence-electron chi connectivity index (χ4n) is 2.64. The van der Waals surface area contributed by atoms with E-state index in [0.29, 0.717) is 23.5 Å². The largest absolute Gasteiger partial charge is 0.370 e. The molecule has 1 fully saturated rings. The Kier molecular flexibility index (Phi) is 4.39. The lowest BCUT2D eigenvalue weighted by Gasteiger charge is -2.33. The Morgan fingerprint density at radius 1 is 1.42 bits per heavy atom. The predicted octanol–water partition coefficient (Wildman–Crippen LogP) is 2.43. The summed E-state index contributed by atoms with van der Waals surface area (Å²) in [5.41, 5.74) is 7.67. The summed E-state index contributed by atoms with van der Waals surface area (Å²) in [6, 6.07) is 5.30. The summed E-state index contributed by atoms with van der Waals surface area (Å²) in [5, 5.41) is 9.17. The number of piperidine rings is 1. The number of aryl methyl sites for hydroxylation is 1. The number of hydrogen-bond acceptors (Lipinski definition) is 3. The second-order valence-electron chi connectivity index (χ2n) is 5.09. The molecule has 0 bridgehead atoms. The van der Waals surface area contributed by atoms with Crippen molar-refractivity contribution in [3.63, 3.8) is 0 Å². The monoisotopic (exact) mass is 261 g/mol. The number of hydrogen-bond donors (Lipinski definition) is 1. The molecule has 0 saturated carbocycles. The van der Waals surface area contributed by atoms with Crippen LogP contribution >= 0.6 is 0 Å². The zero-order valence-corrected chi connectivity index (χ0v) is 11.3. The minimum atomic E-state index is -0.278. The third-order valence-electron chi connectivity index (χ3n) is 3.95. The van der Waals surface area contributed by atoms with Crippen LogP contribution in [-0.2, 0) is 6.42 Å². The molecule has 4 heteroatoms. The van der Waals surface area contributed by atoms with Crippen LogP contribution in [0.3, 0.4) is 0 Å². The first-order valence-corrected chi connectivity index (χ1v) is 6.87. The molecule has 1 aliphatic rings. The molecular weight excluding hydrogens is 241 g/mol. The summed E-state index contributed by atoms with van der Waals surface area (Å²) in [4.78, 5) is 2.18. The van der Waals surface area contributed by atoms with E-state index >= 15 is 0 Å². The lowest BCUT2D eigenvalue weighted by atomic mass is 9.95. The Labute approximate surface area is 113 Å². The molecule has 2 rings (SSSR count). The minimum absolute atomic E-state index is 0.278. The summed E-state index contributed by atoms with van der Waals surface area (Å²) in [5.74, 6) is 0.299. The van der Waals surface area contributed by atoms with Gasteiger partial charge in [0.05, 0.1) is 11.3 Å². The summed E-state index contributed by atoms with van der Waals surface area (Å²) in [6.45, 7) is 4.44. The quantitative estimate of drug-likeness (QED) is 0.909. The van der Waals surface area contributed by atoms with Crippen LogP contribution in [-0.4, -0.2) is 19.6 Å². The summed E-state index contributed by atoms with van der Waals surface area (Å²) in [6.07, 6.45) is 2.73. The van der Waals surface area contributed by atoms with Crippen LogP contribution in [0.15, 0.2) is 12.1 Å². The third kappa shape index (κ3) is 2.87. The highest BCUT2D eigenvalue weighted by Gasteiger charge is 2.21. The maximum atomic E-state index is 13.7. The van der Waals surface area contributed by atoms with E-state index in [1.54, 1.807) is 0 Å². The third-order valence-corrected chi connectivity index (χ3v) is 3.95. The SMILES string of the molecule is CCc1cc(N2CCC(CN)CC2)c(C#N)cc1F. The van der Waals surface area contributed by atoms with E-state index in [9.17, 15) is 9.65 Å². The Balaban J connectivity index is 2.27. The molecule has 0 atom stereocenters. The van der Waals surface area contributed by atoms with E-state index < -0.39 is 0 Å². The van der Waals surface area contributed by atoms with Gasteiger partial charge in [-0.15, -0.1) is 0 Å². The van der Waals surface area contributed by atoms with Crippen molar-refractivity contribution < 1.29 is 4.39 Å². The molecule has 1 aromatic carbocycles. The average Bonchev–Trinajstić information content (AvgIpc) is 2.47. The van der Waals surface area contributed by atoms with Crippen LogP contribution in [0.5, 0.6) is 0 Å². The van der Waals surface area contributed by atoms with E-state index in [4.69, 9.17) is 5.73 Å². The zero-order chi connectivity index (χ0) is 13.8. The van der Waals surface area contributed by atoms with Gasteiger partial charge in [-0.25, -0.2) is 4.39 Å². The van der Waals surface area contributed by atoms with Gasteiger partial charge < -0.3 is 10.6 Å². The second-order valence-corrected chi connectivity index (χ2v) is 5.09. The first kappa shape index (κ1) is 13.8. The topological polar surface area (TPSA) is 53.0 Å². The smallest absolute Gasteiger partial charge is 0.127 e. The highest BCUT2D eigenvalue weighted by molar-refractivity contribution is 5.61. The maximum Gasteiger partial charge on any atom is 0.127 e. The summed E-state index contributed by atoms with van der Waals surface area (Å²) in [7, 11) is 0. The molecule has 1 saturated heterocycles. The van der Waals surface area contributed by atoms with E-state index in [2.05, 4.69) is 11.0 Å². The van der Waals surface area contributed by atoms with Gasteiger partial charge in [-0.3, -0.25) is 0 Å². The molecule has 0 unspecified atom stereocenters. The number of halogens is 1. The van der Waals surface area contributed by atoms with Gasteiger partial charge in [-0.1, -0.05) is 6.92 Å². The fourth-order valence-corrected chi connectivity index (χ4v) is 2.64. The molecular formula is C15H20FN3. The van der Waals surface area contributed by atoms with E-state index in [1.807, 2.05) is 13.0 Å². The number of rotatable bonds is 3.